The van der Waals surface area contributed by atoms with Crippen LogP contribution in [-0.2, 0) is 12.8 Å². The monoisotopic (exact) mass is 245 g/mol. The molecule has 1 aliphatic rings. The molecule has 3 N–H and O–H groups in total. The van der Waals surface area contributed by atoms with Gasteiger partial charge in [0.1, 0.15) is 19.0 Å². The zero-order chi connectivity index (χ0) is 12.4. The minimum absolute atomic E-state index is 0.534. The van der Waals surface area contributed by atoms with E-state index in [1.807, 2.05) is 18.2 Å². The number of rotatable bonds is 3. The van der Waals surface area contributed by atoms with Crippen molar-refractivity contribution in [3.05, 3.63) is 35.5 Å². The van der Waals surface area contributed by atoms with Gasteiger partial charge in [0, 0.05) is 11.8 Å². The number of fused-ring (bicyclic) bond motifs is 1. The van der Waals surface area contributed by atoms with Crippen LogP contribution >= 0.6 is 0 Å². The van der Waals surface area contributed by atoms with Crippen molar-refractivity contribution in [2.24, 2.45) is 0 Å². The predicted molar refractivity (Wildman–Crippen MR) is 67.8 cm³/mol. The van der Waals surface area contributed by atoms with Crippen molar-refractivity contribution in [2.75, 3.05) is 18.9 Å². The van der Waals surface area contributed by atoms with E-state index in [9.17, 15) is 0 Å². The molecule has 0 radical (unpaired) electrons. The summed E-state index contributed by atoms with van der Waals surface area (Å²) in [5.74, 6) is 2.20. The average molecular weight is 245 g/mol. The Bertz CT molecular complexity index is 551. The Kier molecular flexibility index (Phi) is 2.80. The molecule has 94 valence electrons. The number of hydrogen-bond donors (Lipinski definition) is 2. The molecule has 3 rings (SSSR count). The van der Waals surface area contributed by atoms with Gasteiger partial charge in [0.15, 0.2) is 11.5 Å². The fourth-order valence-electron chi connectivity index (χ4n) is 2.03. The van der Waals surface area contributed by atoms with Gasteiger partial charge in [-0.3, -0.25) is 5.10 Å². The Hall–Kier alpha value is -2.17. The molecule has 0 saturated carbocycles. The number of benzene rings is 1. The number of aromatic nitrogens is 2. The molecule has 0 spiro atoms. The molecule has 1 aromatic heterocycles. The Labute approximate surface area is 105 Å². The maximum absolute atomic E-state index is 5.56. The first-order valence-electron chi connectivity index (χ1n) is 5.99. The number of H-pyrrole nitrogens is 1. The Morgan fingerprint density at radius 3 is 2.72 bits per heavy atom. The number of nitrogens with one attached hydrogen (secondary N) is 1. The second kappa shape index (κ2) is 4.60. The number of nitrogen functional groups attached to an aromatic ring is 1. The van der Waals surface area contributed by atoms with Gasteiger partial charge in [0.05, 0.1) is 0 Å². The minimum Gasteiger partial charge on any atom is -0.486 e. The normalized spacial score (nSPS) is 13.6. The van der Waals surface area contributed by atoms with E-state index in [1.54, 1.807) is 0 Å². The SMILES string of the molecule is Nc1cc(CCc2ccc3c(c2)OCCO3)[nH]n1. The lowest BCUT2D eigenvalue weighted by Crippen LogP contribution is -2.15. The summed E-state index contributed by atoms with van der Waals surface area (Å²) >= 11 is 0. The number of anilines is 1. The van der Waals surface area contributed by atoms with Gasteiger partial charge in [-0.1, -0.05) is 6.07 Å². The summed E-state index contributed by atoms with van der Waals surface area (Å²) in [6, 6.07) is 7.92. The lowest BCUT2D eigenvalue weighted by atomic mass is 10.1. The highest BCUT2D eigenvalue weighted by Gasteiger charge is 2.11. The second-order valence-electron chi connectivity index (χ2n) is 4.30. The zero-order valence-corrected chi connectivity index (χ0v) is 9.98. The topological polar surface area (TPSA) is 73.2 Å². The van der Waals surface area contributed by atoms with Gasteiger partial charge in [-0.25, -0.2) is 0 Å². The minimum atomic E-state index is 0.534. The van der Waals surface area contributed by atoms with E-state index in [4.69, 9.17) is 15.2 Å². The van der Waals surface area contributed by atoms with Crippen LogP contribution < -0.4 is 15.2 Å². The highest BCUT2D eigenvalue weighted by Crippen LogP contribution is 2.31. The van der Waals surface area contributed by atoms with Crippen molar-refractivity contribution in [1.29, 1.82) is 0 Å². The van der Waals surface area contributed by atoms with Crippen molar-refractivity contribution in [3.8, 4) is 11.5 Å². The van der Waals surface area contributed by atoms with E-state index in [2.05, 4.69) is 16.3 Å². The third-order valence-electron chi connectivity index (χ3n) is 2.94. The van der Waals surface area contributed by atoms with Gasteiger partial charge in [0.25, 0.3) is 0 Å². The van der Waals surface area contributed by atoms with Crippen molar-refractivity contribution < 1.29 is 9.47 Å². The van der Waals surface area contributed by atoms with E-state index in [1.165, 1.54) is 5.56 Å². The summed E-state index contributed by atoms with van der Waals surface area (Å²) in [4.78, 5) is 0. The Morgan fingerprint density at radius 1 is 1.11 bits per heavy atom. The number of nitrogens with zero attached hydrogens (tertiary/aromatic N) is 1. The third-order valence-corrected chi connectivity index (χ3v) is 2.94. The van der Waals surface area contributed by atoms with Gasteiger partial charge in [-0.05, 0) is 30.5 Å². The number of nitrogens with two attached hydrogens (primary N) is 1. The fourth-order valence-corrected chi connectivity index (χ4v) is 2.03. The van der Waals surface area contributed by atoms with E-state index in [-0.39, 0.29) is 0 Å². The summed E-state index contributed by atoms with van der Waals surface area (Å²) in [6.07, 6.45) is 1.79. The predicted octanol–water partition coefficient (Wildman–Crippen LogP) is 1.55. The van der Waals surface area contributed by atoms with E-state index < -0.39 is 0 Å². The van der Waals surface area contributed by atoms with Gasteiger partial charge in [0.2, 0.25) is 0 Å². The quantitative estimate of drug-likeness (QED) is 0.860. The van der Waals surface area contributed by atoms with E-state index in [0.29, 0.717) is 19.0 Å². The number of aromatic amines is 1. The Balaban J connectivity index is 1.69. The lowest BCUT2D eigenvalue weighted by molar-refractivity contribution is 0.171. The van der Waals surface area contributed by atoms with Crippen LogP contribution in [0.4, 0.5) is 5.82 Å². The van der Waals surface area contributed by atoms with Crippen LogP contribution in [0.3, 0.4) is 0 Å². The van der Waals surface area contributed by atoms with Crippen molar-refractivity contribution >= 4 is 5.82 Å². The largest absolute Gasteiger partial charge is 0.486 e. The maximum atomic E-state index is 5.56. The standard InChI is InChI=1S/C13H15N3O2/c14-13-8-10(15-16-13)3-1-9-2-4-11-12(7-9)18-6-5-17-11/h2,4,7-8H,1,3,5-6H2,(H3,14,15,16). The molecule has 0 fully saturated rings. The highest BCUT2D eigenvalue weighted by molar-refractivity contribution is 5.44. The summed E-state index contributed by atoms with van der Waals surface area (Å²) in [5, 5.41) is 6.81. The first kappa shape index (κ1) is 11.0. The summed E-state index contributed by atoms with van der Waals surface area (Å²) in [7, 11) is 0. The second-order valence-corrected chi connectivity index (χ2v) is 4.30. The molecule has 0 atom stereocenters. The fraction of sp³-hybridized carbons (Fsp3) is 0.308. The molecule has 0 amide bonds. The molecule has 2 aromatic rings. The summed E-state index contributed by atoms with van der Waals surface area (Å²) < 4.78 is 11.0. The lowest BCUT2D eigenvalue weighted by Gasteiger charge is -2.18. The van der Waals surface area contributed by atoms with Crippen LogP contribution in [0.5, 0.6) is 11.5 Å². The van der Waals surface area contributed by atoms with Crippen molar-refractivity contribution in [2.45, 2.75) is 12.8 Å². The van der Waals surface area contributed by atoms with Crippen LogP contribution in [0.25, 0.3) is 0 Å². The number of hydrogen-bond acceptors (Lipinski definition) is 4. The molecule has 5 heteroatoms. The molecule has 2 heterocycles. The molecular formula is C13H15N3O2. The third kappa shape index (κ3) is 2.25. The molecule has 0 saturated heterocycles. The molecule has 0 bridgehead atoms. The van der Waals surface area contributed by atoms with Gasteiger partial charge >= 0.3 is 0 Å². The van der Waals surface area contributed by atoms with Crippen LogP contribution in [0, 0.1) is 0 Å². The molecule has 18 heavy (non-hydrogen) atoms. The van der Waals surface area contributed by atoms with Crippen molar-refractivity contribution in [1.82, 2.24) is 10.2 Å². The average Bonchev–Trinajstić information content (AvgIpc) is 2.82. The van der Waals surface area contributed by atoms with Gasteiger partial charge < -0.3 is 15.2 Å². The van der Waals surface area contributed by atoms with Gasteiger partial charge in [-0.15, -0.1) is 0 Å². The van der Waals surface area contributed by atoms with Gasteiger partial charge in [-0.2, -0.15) is 5.10 Å². The summed E-state index contributed by atoms with van der Waals surface area (Å²) in [6.45, 7) is 1.24. The molecule has 1 aliphatic heterocycles. The summed E-state index contributed by atoms with van der Waals surface area (Å²) in [5.41, 5.74) is 7.82. The molecule has 0 aliphatic carbocycles. The molecule has 5 nitrogen and oxygen atoms in total. The van der Waals surface area contributed by atoms with Crippen LogP contribution in [-0.4, -0.2) is 23.4 Å². The molecular weight excluding hydrogens is 230 g/mol. The van der Waals surface area contributed by atoms with E-state index >= 15 is 0 Å². The zero-order valence-electron chi connectivity index (χ0n) is 9.98. The Morgan fingerprint density at radius 2 is 1.94 bits per heavy atom. The first-order valence-corrected chi connectivity index (χ1v) is 5.99. The van der Waals surface area contributed by atoms with Crippen LogP contribution in [0.2, 0.25) is 0 Å². The molecule has 0 unspecified atom stereocenters. The number of aryl methyl sites for hydroxylation is 2. The van der Waals surface area contributed by atoms with Crippen molar-refractivity contribution in [3.63, 3.8) is 0 Å². The number of ether oxygens (including phenoxy) is 2. The first-order chi connectivity index (χ1) is 8.81. The highest BCUT2D eigenvalue weighted by atomic mass is 16.6. The van der Waals surface area contributed by atoms with Crippen LogP contribution in [0.1, 0.15) is 11.3 Å². The van der Waals surface area contributed by atoms with Crippen LogP contribution in [0.15, 0.2) is 24.3 Å². The molecule has 1 aromatic carbocycles. The maximum Gasteiger partial charge on any atom is 0.161 e. The smallest absolute Gasteiger partial charge is 0.161 e. The van der Waals surface area contributed by atoms with E-state index in [0.717, 1.165) is 30.0 Å².